The summed E-state index contributed by atoms with van der Waals surface area (Å²) in [4.78, 5) is 4.77. The predicted molar refractivity (Wildman–Crippen MR) is 119 cm³/mol. The lowest BCUT2D eigenvalue weighted by Gasteiger charge is -2.21. The van der Waals surface area contributed by atoms with Crippen LogP contribution in [0.25, 0.3) is 16.6 Å². The van der Waals surface area contributed by atoms with E-state index in [1.165, 1.54) is 0 Å². The van der Waals surface area contributed by atoms with Gasteiger partial charge in [0.15, 0.2) is 0 Å². The molecule has 0 aliphatic carbocycles. The van der Waals surface area contributed by atoms with E-state index >= 15 is 0 Å². The van der Waals surface area contributed by atoms with E-state index in [1.807, 2.05) is 19.1 Å². The zero-order valence-electron chi connectivity index (χ0n) is 15.1. The molecule has 2 heterocycles. The molecule has 0 bridgehead atoms. The van der Waals surface area contributed by atoms with E-state index in [9.17, 15) is 0 Å². The highest BCUT2D eigenvalue weighted by Crippen LogP contribution is 2.33. The Balaban J connectivity index is 2.02. The molecule has 2 aromatic heterocycles. The molecule has 4 unspecified atom stereocenters. The molecule has 0 aliphatic rings. The van der Waals surface area contributed by atoms with Crippen LogP contribution in [-0.2, 0) is 5.06 Å². The summed E-state index contributed by atoms with van der Waals surface area (Å²) in [5, 5.41) is -0.441. The molecule has 4 atom stereocenters. The summed E-state index contributed by atoms with van der Waals surface area (Å²) in [6.07, 6.45) is 2.17. The fourth-order valence-corrected chi connectivity index (χ4v) is 3.31. The SMILES string of the molecule is BC(C)(P)c1nc(C)c2ccc(-c3ccc(OC(C)(P)P)cc3)cn12. The molecule has 7 heteroatoms. The van der Waals surface area contributed by atoms with Gasteiger partial charge in [0.1, 0.15) is 24.5 Å². The third-order valence-corrected chi connectivity index (χ3v) is 4.42. The van der Waals surface area contributed by atoms with Crippen molar-refractivity contribution in [3.8, 4) is 16.9 Å². The minimum absolute atomic E-state index is 0.0878. The highest BCUT2D eigenvalue weighted by molar-refractivity contribution is 7.39. The molecular weight excluding hydrogens is 364 g/mol. The van der Waals surface area contributed by atoms with Gasteiger partial charge in [0.2, 0.25) is 0 Å². The average Bonchev–Trinajstić information content (AvgIpc) is 2.83. The largest absolute Gasteiger partial charge is 0.480 e. The first-order chi connectivity index (χ1) is 11.5. The Bertz CT molecular complexity index is 909. The van der Waals surface area contributed by atoms with Crippen molar-refractivity contribution in [3.63, 3.8) is 0 Å². The number of hydrogen-bond acceptors (Lipinski definition) is 2. The van der Waals surface area contributed by atoms with Crippen LogP contribution in [0.4, 0.5) is 0 Å². The standard InChI is InChI=1S/C18H24BN2OP3/c1-11-15-9-6-13(10-21(15)16(20-11)17(2,19)23)12-4-7-14(8-5-12)22-18(3,24)25/h4-10H,19,23-25H2,1-3H3. The van der Waals surface area contributed by atoms with E-state index in [0.717, 1.165) is 33.9 Å². The van der Waals surface area contributed by atoms with Gasteiger partial charge in [-0.1, -0.05) is 43.6 Å². The third kappa shape index (κ3) is 4.25. The van der Waals surface area contributed by atoms with Crippen LogP contribution < -0.4 is 4.74 Å². The number of rotatable bonds is 4. The molecule has 0 amide bonds. The fourth-order valence-electron chi connectivity index (χ4n) is 2.84. The Morgan fingerprint density at radius 2 is 1.60 bits per heavy atom. The summed E-state index contributed by atoms with van der Waals surface area (Å²) < 4.78 is 8.04. The van der Waals surface area contributed by atoms with Crippen molar-refractivity contribution in [1.29, 1.82) is 0 Å². The monoisotopic (exact) mass is 388 g/mol. The number of hydrogen-bond donors (Lipinski definition) is 0. The lowest BCUT2D eigenvalue weighted by Crippen LogP contribution is -2.16. The minimum Gasteiger partial charge on any atom is -0.480 e. The molecule has 0 radical (unpaired) electrons. The van der Waals surface area contributed by atoms with Crippen molar-refractivity contribution in [2.45, 2.75) is 30.9 Å². The van der Waals surface area contributed by atoms with Crippen LogP contribution in [0.2, 0.25) is 0 Å². The Labute approximate surface area is 157 Å². The number of aryl methyl sites for hydroxylation is 1. The van der Waals surface area contributed by atoms with Crippen LogP contribution in [0.3, 0.4) is 0 Å². The van der Waals surface area contributed by atoms with E-state index in [0.29, 0.717) is 0 Å². The topological polar surface area (TPSA) is 26.5 Å². The zero-order valence-corrected chi connectivity index (χ0v) is 18.5. The highest BCUT2D eigenvalue weighted by atomic mass is 31.1. The summed E-state index contributed by atoms with van der Waals surface area (Å²) in [5.74, 6) is 1.90. The molecule has 3 aromatic rings. The van der Waals surface area contributed by atoms with Crippen LogP contribution in [0, 0.1) is 6.92 Å². The second-order valence-electron chi connectivity index (χ2n) is 7.23. The molecule has 3 nitrogen and oxygen atoms in total. The first kappa shape index (κ1) is 18.8. The Morgan fingerprint density at radius 3 is 2.16 bits per heavy atom. The molecular formula is C18H24BN2OP3. The van der Waals surface area contributed by atoms with Crippen molar-refractivity contribution in [2.75, 3.05) is 0 Å². The number of fused-ring (bicyclic) bond motifs is 1. The van der Waals surface area contributed by atoms with Gasteiger partial charge in [-0.15, -0.1) is 9.24 Å². The summed E-state index contributed by atoms with van der Waals surface area (Å²) in [5.41, 5.74) is 4.52. The van der Waals surface area contributed by atoms with E-state index in [2.05, 4.69) is 84.3 Å². The second kappa shape index (κ2) is 6.66. The quantitative estimate of drug-likeness (QED) is 0.502. The molecule has 25 heavy (non-hydrogen) atoms. The summed E-state index contributed by atoms with van der Waals surface area (Å²) in [6, 6.07) is 12.5. The van der Waals surface area contributed by atoms with Gasteiger partial charge in [-0.25, -0.2) is 4.98 Å². The first-order valence-corrected chi connectivity index (χ1v) is 9.93. The summed E-state index contributed by atoms with van der Waals surface area (Å²) in [7, 11) is 10.4. The maximum absolute atomic E-state index is 5.84. The molecule has 0 spiro atoms. The number of ether oxygens (including phenoxy) is 1. The Morgan fingerprint density at radius 1 is 1.00 bits per heavy atom. The summed E-state index contributed by atoms with van der Waals surface area (Å²) in [6.45, 7) is 6.20. The number of imidazole rings is 1. The molecule has 1 aromatic carbocycles. The van der Waals surface area contributed by atoms with Crippen molar-refractivity contribution in [2.24, 2.45) is 0 Å². The molecule has 0 N–H and O–H groups in total. The van der Waals surface area contributed by atoms with Crippen molar-refractivity contribution in [1.82, 2.24) is 9.38 Å². The van der Waals surface area contributed by atoms with E-state index in [-0.39, 0.29) is 10.1 Å². The fraction of sp³-hybridized carbons (Fsp3) is 0.278. The Hall–Kier alpha value is -0.935. The van der Waals surface area contributed by atoms with Crippen LogP contribution in [-0.4, -0.2) is 22.3 Å². The lowest BCUT2D eigenvalue weighted by atomic mass is 9.87. The Kier molecular flexibility index (Phi) is 5.02. The number of aromatic nitrogens is 2. The maximum Gasteiger partial charge on any atom is 0.131 e. The van der Waals surface area contributed by atoms with Gasteiger partial charge in [0.05, 0.1) is 11.2 Å². The maximum atomic E-state index is 5.84. The predicted octanol–water partition coefficient (Wildman–Crippen LogP) is 3.79. The minimum atomic E-state index is -0.353. The van der Waals surface area contributed by atoms with Crippen LogP contribution in [0.1, 0.15) is 25.4 Å². The molecule has 0 saturated heterocycles. The van der Waals surface area contributed by atoms with Gasteiger partial charge >= 0.3 is 0 Å². The molecule has 0 saturated carbocycles. The van der Waals surface area contributed by atoms with E-state index in [1.54, 1.807) is 0 Å². The summed E-state index contributed by atoms with van der Waals surface area (Å²) >= 11 is 0. The van der Waals surface area contributed by atoms with Gasteiger partial charge in [0, 0.05) is 11.3 Å². The van der Waals surface area contributed by atoms with Crippen molar-refractivity contribution < 1.29 is 4.74 Å². The smallest absolute Gasteiger partial charge is 0.131 e. The molecule has 0 aliphatic heterocycles. The lowest BCUT2D eigenvalue weighted by molar-refractivity contribution is 0.275. The van der Waals surface area contributed by atoms with Crippen LogP contribution >= 0.6 is 27.7 Å². The van der Waals surface area contributed by atoms with Gasteiger partial charge in [-0.2, -0.15) is 0 Å². The molecule has 3 rings (SSSR count). The first-order valence-electron chi connectivity index (χ1n) is 8.20. The number of benzene rings is 1. The normalized spacial score (nSPS) is 14.5. The van der Waals surface area contributed by atoms with Gasteiger partial charge < -0.3 is 9.14 Å². The van der Waals surface area contributed by atoms with Gasteiger partial charge in [-0.05, 0) is 43.2 Å². The zero-order chi connectivity index (χ0) is 18.4. The highest BCUT2D eigenvalue weighted by Gasteiger charge is 2.21. The number of pyridine rings is 1. The van der Waals surface area contributed by atoms with Crippen molar-refractivity contribution in [3.05, 3.63) is 54.1 Å². The van der Waals surface area contributed by atoms with Crippen molar-refractivity contribution >= 4 is 41.1 Å². The van der Waals surface area contributed by atoms with Crippen LogP contribution in [0.5, 0.6) is 5.75 Å². The van der Waals surface area contributed by atoms with Crippen LogP contribution in [0.15, 0.2) is 42.6 Å². The van der Waals surface area contributed by atoms with Gasteiger partial charge in [-0.3, -0.25) is 0 Å². The number of nitrogens with zero attached hydrogens (tertiary/aromatic N) is 2. The van der Waals surface area contributed by atoms with E-state index in [4.69, 9.17) is 9.72 Å². The molecule has 130 valence electrons. The second-order valence-corrected chi connectivity index (χ2v) is 11.6. The van der Waals surface area contributed by atoms with Gasteiger partial charge in [0.25, 0.3) is 0 Å². The molecule has 0 fully saturated rings. The average molecular weight is 388 g/mol. The van der Waals surface area contributed by atoms with E-state index < -0.39 is 0 Å². The third-order valence-electron chi connectivity index (χ3n) is 3.92.